The molecule has 9 heteroatoms. The summed E-state index contributed by atoms with van der Waals surface area (Å²) in [5, 5.41) is 22.0. The number of rotatable bonds is 7. The zero-order valence-electron chi connectivity index (χ0n) is 17.5. The molecule has 4 aromatic rings. The third kappa shape index (κ3) is 5.29. The molecular formula is C24H18ClN5O2S. The third-order valence-electron chi connectivity index (χ3n) is 4.74. The van der Waals surface area contributed by atoms with Crippen molar-refractivity contribution in [1.82, 2.24) is 14.8 Å². The highest BCUT2D eigenvalue weighted by molar-refractivity contribution is 7.15. The second-order valence-corrected chi connectivity index (χ2v) is 8.38. The number of anilines is 1. The minimum Gasteiger partial charge on any atom is -0.495 e. The van der Waals surface area contributed by atoms with Crippen LogP contribution in [-0.4, -0.2) is 27.8 Å². The number of aromatic nitrogens is 3. The largest absolute Gasteiger partial charge is 0.495 e. The van der Waals surface area contributed by atoms with Gasteiger partial charge in [-0.1, -0.05) is 53.3 Å². The Morgan fingerprint density at radius 1 is 1.21 bits per heavy atom. The van der Waals surface area contributed by atoms with Gasteiger partial charge in [0.25, 0.3) is 5.91 Å². The third-order valence-corrected chi connectivity index (χ3v) is 5.87. The predicted molar refractivity (Wildman–Crippen MR) is 129 cm³/mol. The van der Waals surface area contributed by atoms with Gasteiger partial charge >= 0.3 is 0 Å². The van der Waals surface area contributed by atoms with Crippen LogP contribution in [0.15, 0.2) is 72.4 Å². The number of methoxy groups -OCH3 is 1. The Balaban J connectivity index is 1.51. The van der Waals surface area contributed by atoms with Gasteiger partial charge in [-0.3, -0.25) is 10.1 Å². The van der Waals surface area contributed by atoms with Gasteiger partial charge in [-0.15, -0.1) is 10.2 Å². The molecule has 1 amide bonds. The number of hydrogen-bond acceptors (Lipinski definition) is 6. The molecule has 0 fully saturated rings. The molecule has 4 rings (SSSR count). The van der Waals surface area contributed by atoms with Crippen LogP contribution in [0, 0.1) is 11.3 Å². The molecule has 164 valence electrons. The van der Waals surface area contributed by atoms with Crippen molar-refractivity contribution in [3.05, 3.63) is 93.7 Å². The smallest absolute Gasteiger partial charge is 0.268 e. The van der Waals surface area contributed by atoms with Crippen LogP contribution in [0.4, 0.5) is 5.13 Å². The highest BCUT2D eigenvalue weighted by Gasteiger charge is 2.15. The van der Waals surface area contributed by atoms with Crippen molar-refractivity contribution in [2.75, 3.05) is 12.4 Å². The molecule has 2 aromatic heterocycles. The molecule has 0 aliphatic rings. The molecule has 0 spiro atoms. The number of hydrogen-bond donors (Lipinski definition) is 1. The predicted octanol–water partition coefficient (Wildman–Crippen LogP) is 5.13. The van der Waals surface area contributed by atoms with Crippen molar-refractivity contribution in [2.45, 2.75) is 6.42 Å². The van der Waals surface area contributed by atoms with Crippen LogP contribution in [0.1, 0.15) is 16.3 Å². The molecule has 0 saturated heterocycles. The van der Waals surface area contributed by atoms with Crippen LogP contribution in [0.25, 0.3) is 11.8 Å². The van der Waals surface area contributed by atoms with E-state index in [1.165, 1.54) is 17.4 Å². The summed E-state index contributed by atoms with van der Waals surface area (Å²) in [7, 11) is 1.55. The van der Waals surface area contributed by atoms with E-state index in [-0.39, 0.29) is 5.57 Å². The van der Waals surface area contributed by atoms with Crippen molar-refractivity contribution < 1.29 is 9.53 Å². The van der Waals surface area contributed by atoms with Crippen molar-refractivity contribution in [1.29, 1.82) is 5.26 Å². The maximum atomic E-state index is 12.7. The van der Waals surface area contributed by atoms with Crippen LogP contribution in [-0.2, 0) is 11.2 Å². The average Bonchev–Trinajstić information content (AvgIpc) is 3.47. The SMILES string of the molecule is COc1ccc(-n2cccc2/C=C(/C#N)C(=O)Nc2nnc(Cc3ccccc3)s2)cc1Cl. The number of nitriles is 1. The Kier molecular flexibility index (Phi) is 6.83. The Bertz CT molecular complexity index is 1350. The zero-order chi connectivity index (χ0) is 23.2. The van der Waals surface area contributed by atoms with E-state index in [1.54, 1.807) is 25.3 Å². The summed E-state index contributed by atoms with van der Waals surface area (Å²) >= 11 is 7.52. The standard InChI is InChI=1S/C24H18ClN5O2S/c1-32-21-10-9-19(14-20(21)25)30-11-5-8-18(30)13-17(15-26)23(31)27-24-29-28-22(33-24)12-16-6-3-2-4-7-16/h2-11,13-14H,12H2,1H3,(H,27,29,31)/b17-13-. The summed E-state index contributed by atoms with van der Waals surface area (Å²) in [6, 6.07) is 20.8. The fraction of sp³-hybridized carbons (Fsp3) is 0.0833. The second-order valence-electron chi connectivity index (χ2n) is 6.91. The molecule has 0 atom stereocenters. The van der Waals surface area contributed by atoms with E-state index in [1.807, 2.05) is 59.3 Å². The lowest BCUT2D eigenvalue weighted by atomic mass is 10.2. The molecule has 1 N–H and O–H groups in total. The van der Waals surface area contributed by atoms with Crippen LogP contribution >= 0.6 is 22.9 Å². The fourth-order valence-corrected chi connectivity index (χ4v) is 4.18. The normalized spacial score (nSPS) is 11.1. The number of halogens is 1. The van der Waals surface area contributed by atoms with Crippen molar-refractivity contribution in [3.8, 4) is 17.5 Å². The molecule has 0 aliphatic heterocycles. The van der Waals surface area contributed by atoms with E-state index in [9.17, 15) is 10.1 Å². The Morgan fingerprint density at radius 2 is 2.03 bits per heavy atom. The maximum absolute atomic E-state index is 12.7. The first-order valence-electron chi connectivity index (χ1n) is 9.88. The topological polar surface area (TPSA) is 92.8 Å². The lowest BCUT2D eigenvalue weighted by Crippen LogP contribution is -2.13. The molecule has 0 unspecified atom stereocenters. The van der Waals surface area contributed by atoms with Gasteiger partial charge in [-0.2, -0.15) is 5.26 Å². The number of nitrogens with zero attached hydrogens (tertiary/aromatic N) is 4. The Hall–Kier alpha value is -3.93. The van der Waals surface area contributed by atoms with Gasteiger partial charge in [0.15, 0.2) is 0 Å². The molecular weight excluding hydrogens is 458 g/mol. The number of carbonyl (C=O) groups is 1. The molecule has 7 nitrogen and oxygen atoms in total. The lowest BCUT2D eigenvalue weighted by molar-refractivity contribution is -0.112. The number of benzene rings is 2. The lowest BCUT2D eigenvalue weighted by Gasteiger charge is -2.10. The highest BCUT2D eigenvalue weighted by Crippen LogP contribution is 2.28. The van der Waals surface area contributed by atoms with Gasteiger partial charge in [0.2, 0.25) is 5.13 Å². The van der Waals surface area contributed by atoms with Gasteiger partial charge in [0.1, 0.15) is 22.4 Å². The number of carbonyl (C=O) groups excluding carboxylic acids is 1. The summed E-state index contributed by atoms with van der Waals surface area (Å²) < 4.78 is 7.01. The first-order chi connectivity index (χ1) is 16.1. The van der Waals surface area contributed by atoms with E-state index >= 15 is 0 Å². The first-order valence-corrected chi connectivity index (χ1v) is 11.1. The molecule has 0 saturated carbocycles. The summed E-state index contributed by atoms with van der Waals surface area (Å²) in [5.41, 5.74) is 2.45. The average molecular weight is 476 g/mol. The molecule has 2 aromatic carbocycles. The molecule has 2 heterocycles. The zero-order valence-corrected chi connectivity index (χ0v) is 19.1. The van der Waals surface area contributed by atoms with Gasteiger partial charge in [0.05, 0.1) is 12.1 Å². The number of amides is 1. The van der Waals surface area contributed by atoms with Gasteiger partial charge in [-0.05, 0) is 42.0 Å². The van der Waals surface area contributed by atoms with Crippen LogP contribution < -0.4 is 10.1 Å². The summed E-state index contributed by atoms with van der Waals surface area (Å²) in [6.07, 6.45) is 3.95. The molecule has 0 radical (unpaired) electrons. The van der Waals surface area contributed by atoms with Gasteiger partial charge in [0, 0.05) is 24.0 Å². The Morgan fingerprint density at radius 3 is 2.76 bits per heavy atom. The van der Waals surface area contributed by atoms with Crippen molar-refractivity contribution in [3.63, 3.8) is 0 Å². The summed E-state index contributed by atoms with van der Waals surface area (Å²) in [6.45, 7) is 0. The number of ether oxygens (including phenoxy) is 1. The van der Waals surface area contributed by atoms with E-state index in [0.29, 0.717) is 28.0 Å². The van der Waals surface area contributed by atoms with E-state index < -0.39 is 5.91 Å². The quantitative estimate of drug-likeness (QED) is 0.295. The highest BCUT2D eigenvalue weighted by atomic mass is 35.5. The number of nitrogens with one attached hydrogen (secondary N) is 1. The van der Waals surface area contributed by atoms with E-state index in [0.717, 1.165) is 16.3 Å². The van der Waals surface area contributed by atoms with E-state index in [2.05, 4.69) is 15.5 Å². The minimum atomic E-state index is -0.555. The first kappa shape index (κ1) is 22.3. The second kappa shape index (κ2) is 10.1. The molecule has 0 bridgehead atoms. The molecule has 0 aliphatic carbocycles. The monoisotopic (exact) mass is 475 g/mol. The van der Waals surface area contributed by atoms with Crippen LogP contribution in [0.2, 0.25) is 5.02 Å². The van der Waals surface area contributed by atoms with Crippen LogP contribution in [0.3, 0.4) is 0 Å². The fourth-order valence-electron chi connectivity index (χ4n) is 3.16. The maximum Gasteiger partial charge on any atom is 0.268 e. The van der Waals surface area contributed by atoms with Crippen LogP contribution in [0.5, 0.6) is 5.75 Å². The molecule has 33 heavy (non-hydrogen) atoms. The van der Waals surface area contributed by atoms with Crippen molar-refractivity contribution in [2.24, 2.45) is 0 Å². The minimum absolute atomic E-state index is 0.0608. The summed E-state index contributed by atoms with van der Waals surface area (Å²) in [5.74, 6) is 0.00544. The van der Waals surface area contributed by atoms with Gasteiger partial charge < -0.3 is 9.30 Å². The Labute approximate surface area is 199 Å². The summed E-state index contributed by atoms with van der Waals surface area (Å²) in [4.78, 5) is 12.7. The van der Waals surface area contributed by atoms with Crippen molar-refractivity contribution >= 4 is 40.1 Å². The van der Waals surface area contributed by atoms with E-state index in [4.69, 9.17) is 16.3 Å². The van der Waals surface area contributed by atoms with Gasteiger partial charge in [-0.25, -0.2) is 0 Å².